The first-order chi connectivity index (χ1) is 13.7. The van der Waals surface area contributed by atoms with Crippen LogP contribution in [0, 0.1) is 26.7 Å². The maximum absolute atomic E-state index is 12.8. The van der Waals surface area contributed by atoms with E-state index in [1.807, 2.05) is 19.1 Å². The van der Waals surface area contributed by atoms with E-state index in [2.05, 4.69) is 16.0 Å². The van der Waals surface area contributed by atoms with Crippen molar-refractivity contribution >= 4 is 21.8 Å². The Morgan fingerprint density at radius 1 is 1.07 bits per heavy atom. The van der Waals surface area contributed by atoms with Crippen LogP contribution in [0.3, 0.4) is 0 Å². The molecule has 2 N–H and O–H groups in total. The molecule has 1 aromatic carbocycles. The average Bonchev–Trinajstić information content (AvgIpc) is 3.05. The molecule has 0 bridgehead atoms. The third kappa shape index (κ3) is 4.48. The van der Waals surface area contributed by atoms with Gasteiger partial charge in [-0.2, -0.15) is 4.31 Å². The first-order valence-electron chi connectivity index (χ1n) is 9.30. The lowest BCUT2D eigenvalue weighted by molar-refractivity contribution is -0.126. The summed E-state index contributed by atoms with van der Waals surface area (Å²) in [7, 11) is -3.72. The fourth-order valence-corrected chi connectivity index (χ4v) is 5.09. The van der Waals surface area contributed by atoms with Crippen LogP contribution in [0.1, 0.15) is 40.2 Å². The molecule has 0 unspecified atom stereocenters. The normalized spacial score (nSPS) is 15.8. The Labute approximate surface area is 169 Å². The fraction of sp³-hybridized carbons (Fsp3) is 0.421. The molecule has 10 heteroatoms. The molecular weight excluding hydrogens is 396 g/mol. The highest BCUT2D eigenvalue weighted by Crippen LogP contribution is 2.27. The van der Waals surface area contributed by atoms with Crippen LogP contribution in [-0.2, 0) is 14.8 Å². The molecule has 3 rings (SSSR count). The number of piperidine rings is 1. The van der Waals surface area contributed by atoms with Crippen LogP contribution in [0.15, 0.2) is 33.7 Å². The number of amides is 2. The first-order valence-corrected chi connectivity index (χ1v) is 10.7. The molecule has 29 heavy (non-hydrogen) atoms. The van der Waals surface area contributed by atoms with Crippen molar-refractivity contribution in [2.75, 3.05) is 13.1 Å². The summed E-state index contributed by atoms with van der Waals surface area (Å²) in [6.45, 7) is 5.47. The minimum Gasteiger partial charge on any atom is -0.360 e. The van der Waals surface area contributed by atoms with E-state index in [0.717, 1.165) is 5.56 Å². The second kappa shape index (κ2) is 8.34. The zero-order valence-corrected chi connectivity index (χ0v) is 17.4. The van der Waals surface area contributed by atoms with Gasteiger partial charge in [-0.05, 0) is 45.7 Å². The van der Waals surface area contributed by atoms with Gasteiger partial charge in [0, 0.05) is 24.6 Å². The summed E-state index contributed by atoms with van der Waals surface area (Å²) in [5, 5.41) is 3.71. The first kappa shape index (κ1) is 21.0. The van der Waals surface area contributed by atoms with Crippen LogP contribution in [0.25, 0.3) is 0 Å². The number of hydrogen-bond donors (Lipinski definition) is 2. The molecule has 2 amide bonds. The van der Waals surface area contributed by atoms with Gasteiger partial charge >= 0.3 is 0 Å². The van der Waals surface area contributed by atoms with Crippen LogP contribution in [-0.4, -0.2) is 42.8 Å². The zero-order chi connectivity index (χ0) is 21.2. The molecular formula is C19H24N4O5S. The summed E-state index contributed by atoms with van der Waals surface area (Å²) in [6, 6.07) is 6.97. The standard InChI is InChI=1S/C19H24N4O5S/c1-12-4-6-15(7-5-12)18(24)20-21-19(25)16-8-10-23(11-9-16)29(26,27)17-13(2)22-28-14(17)3/h4-7,16H,8-11H2,1-3H3,(H,20,24)(H,21,25). The van der Waals surface area contributed by atoms with E-state index >= 15 is 0 Å². The number of benzene rings is 1. The molecule has 0 aliphatic carbocycles. The predicted octanol–water partition coefficient (Wildman–Crippen LogP) is 1.46. The number of carbonyl (C=O) groups is 2. The van der Waals surface area contributed by atoms with Crippen LogP contribution < -0.4 is 10.9 Å². The number of carbonyl (C=O) groups excluding carboxylic acids is 2. The Hall–Kier alpha value is -2.72. The molecule has 1 aliphatic rings. The number of nitrogens with zero attached hydrogens (tertiary/aromatic N) is 2. The molecule has 2 heterocycles. The van der Waals surface area contributed by atoms with Crippen molar-refractivity contribution in [3.63, 3.8) is 0 Å². The molecule has 156 valence electrons. The summed E-state index contributed by atoms with van der Waals surface area (Å²) in [5.41, 5.74) is 6.63. The Balaban J connectivity index is 1.54. The summed E-state index contributed by atoms with van der Waals surface area (Å²) < 4.78 is 32.0. The van der Waals surface area contributed by atoms with Crippen LogP contribution in [0.2, 0.25) is 0 Å². The van der Waals surface area contributed by atoms with Gasteiger partial charge in [-0.25, -0.2) is 8.42 Å². The quantitative estimate of drug-likeness (QED) is 0.722. The van der Waals surface area contributed by atoms with Crippen molar-refractivity contribution in [2.45, 2.75) is 38.5 Å². The highest BCUT2D eigenvalue weighted by atomic mass is 32.2. The number of hydrogen-bond acceptors (Lipinski definition) is 6. The van der Waals surface area contributed by atoms with Gasteiger partial charge in [0.1, 0.15) is 10.6 Å². The Kier molecular flexibility index (Phi) is 6.04. The lowest BCUT2D eigenvalue weighted by Crippen LogP contribution is -2.48. The van der Waals surface area contributed by atoms with Crippen molar-refractivity contribution in [2.24, 2.45) is 5.92 Å². The number of sulfonamides is 1. The van der Waals surface area contributed by atoms with E-state index < -0.39 is 15.9 Å². The molecule has 0 radical (unpaired) electrons. The van der Waals surface area contributed by atoms with E-state index in [4.69, 9.17) is 4.52 Å². The van der Waals surface area contributed by atoms with Crippen molar-refractivity contribution in [1.29, 1.82) is 0 Å². The highest BCUT2D eigenvalue weighted by Gasteiger charge is 2.35. The molecule has 0 saturated carbocycles. The molecule has 2 aromatic rings. The van der Waals surface area contributed by atoms with Gasteiger partial charge in [0.15, 0.2) is 5.76 Å². The maximum atomic E-state index is 12.8. The van der Waals surface area contributed by atoms with Crippen molar-refractivity contribution < 1.29 is 22.5 Å². The minimum atomic E-state index is -3.72. The number of aromatic nitrogens is 1. The third-order valence-electron chi connectivity index (χ3n) is 5.00. The number of aryl methyl sites for hydroxylation is 3. The van der Waals surface area contributed by atoms with Gasteiger partial charge in [-0.15, -0.1) is 0 Å². The van der Waals surface area contributed by atoms with E-state index in [0.29, 0.717) is 24.1 Å². The summed E-state index contributed by atoms with van der Waals surface area (Å²) in [6.07, 6.45) is 0.712. The van der Waals surface area contributed by atoms with Gasteiger partial charge in [-0.3, -0.25) is 20.4 Å². The smallest absolute Gasteiger partial charge is 0.269 e. The molecule has 9 nitrogen and oxygen atoms in total. The largest absolute Gasteiger partial charge is 0.360 e. The topological polar surface area (TPSA) is 122 Å². The van der Waals surface area contributed by atoms with Crippen molar-refractivity contribution in [3.05, 3.63) is 46.8 Å². The van der Waals surface area contributed by atoms with E-state index in [1.165, 1.54) is 4.31 Å². The van der Waals surface area contributed by atoms with Crippen LogP contribution in [0.5, 0.6) is 0 Å². The second-order valence-corrected chi connectivity index (χ2v) is 9.02. The SMILES string of the molecule is Cc1ccc(C(=O)NNC(=O)C2CCN(S(=O)(=O)c3c(C)noc3C)CC2)cc1. The van der Waals surface area contributed by atoms with Crippen molar-refractivity contribution in [3.8, 4) is 0 Å². The second-order valence-electron chi connectivity index (χ2n) is 7.14. The molecule has 0 spiro atoms. The number of nitrogens with one attached hydrogen (secondary N) is 2. The third-order valence-corrected chi connectivity index (χ3v) is 7.15. The van der Waals surface area contributed by atoms with E-state index in [1.54, 1.807) is 26.0 Å². The number of rotatable bonds is 4. The predicted molar refractivity (Wildman–Crippen MR) is 104 cm³/mol. The fourth-order valence-electron chi connectivity index (χ4n) is 3.33. The average molecular weight is 420 g/mol. The van der Waals surface area contributed by atoms with Crippen LogP contribution in [0.4, 0.5) is 0 Å². The number of hydrazine groups is 1. The van der Waals surface area contributed by atoms with Gasteiger partial charge < -0.3 is 4.52 Å². The maximum Gasteiger partial charge on any atom is 0.269 e. The molecule has 0 atom stereocenters. The minimum absolute atomic E-state index is 0.0887. The zero-order valence-electron chi connectivity index (χ0n) is 16.6. The highest BCUT2D eigenvalue weighted by molar-refractivity contribution is 7.89. The lowest BCUT2D eigenvalue weighted by Gasteiger charge is -2.30. The summed E-state index contributed by atoms with van der Waals surface area (Å²) in [5.74, 6) is -0.873. The summed E-state index contributed by atoms with van der Waals surface area (Å²) >= 11 is 0. The Bertz CT molecular complexity index is 986. The van der Waals surface area contributed by atoms with Gasteiger partial charge in [0.05, 0.1) is 0 Å². The monoisotopic (exact) mass is 420 g/mol. The molecule has 1 aliphatic heterocycles. The Morgan fingerprint density at radius 3 is 2.24 bits per heavy atom. The molecule has 1 fully saturated rings. The van der Waals surface area contributed by atoms with E-state index in [9.17, 15) is 18.0 Å². The Morgan fingerprint density at radius 2 is 1.69 bits per heavy atom. The van der Waals surface area contributed by atoms with E-state index in [-0.39, 0.29) is 35.6 Å². The van der Waals surface area contributed by atoms with Gasteiger partial charge in [0.25, 0.3) is 5.91 Å². The van der Waals surface area contributed by atoms with Gasteiger partial charge in [0.2, 0.25) is 15.9 Å². The molecule has 1 saturated heterocycles. The van der Waals surface area contributed by atoms with Crippen molar-refractivity contribution in [1.82, 2.24) is 20.3 Å². The molecule has 1 aromatic heterocycles. The van der Waals surface area contributed by atoms with Crippen LogP contribution >= 0.6 is 0 Å². The lowest BCUT2D eigenvalue weighted by atomic mass is 9.98. The van der Waals surface area contributed by atoms with Gasteiger partial charge in [-0.1, -0.05) is 22.9 Å². The summed E-state index contributed by atoms with van der Waals surface area (Å²) in [4.78, 5) is 24.5.